The molecule has 0 aliphatic carbocycles. The van der Waals surface area contributed by atoms with Crippen molar-refractivity contribution >= 4 is 17.3 Å². The number of para-hydroxylation sites is 1. The summed E-state index contributed by atoms with van der Waals surface area (Å²) in [6, 6.07) is 20.0. The van der Waals surface area contributed by atoms with E-state index in [9.17, 15) is 0 Å². The molecule has 0 aliphatic heterocycles. The van der Waals surface area contributed by atoms with E-state index < -0.39 is 0 Å². The summed E-state index contributed by atoms with van der Waals surface area (Å²) in [7, 11) is 1.91. The second-order valence-corrected chi connectivity index (χ2v) is 3.50. The molecule has 0 aliphatic rings. The van der Waals surface area contributed by atoms with E-state index in [1.54, 1.807) is 0 Å². The standard InChI is InChI=1S/C7H7Cl.C7H9N/c8-6-7-4-2-1-3-5-7;1-8-7-5-3-2-4-6-7/h1-5H,6H2;2-6,8H,1H3. The molecule has 2 aromatic carbocycles. The maximum Gasteiger partial charge on any atom is 0.0474 e. The van der Waals surface area contributed by atoms with Crippen LogP contribution in [0.3, 0.4) is 0 Å². The molecule has 16 heavy (non-hydrogen) atoms. The van der Waals surface area contributed by atoms with E-state index >= 15 is 0 Å². The van der Waals surface area contributed by atoms with Crippen LogP contribution < -0.4 is 5.32 Å². The average Bonchev–Trinajstić information content (AvgIpc) is 2.41. The molecule has 0 spiro atoms. The van der Waals surface area contributed by atoms with Crippen LogP contribution in [0.2, 0.25) is 0 Å². The van der Waals surface area contributed by atoms with Crippen molar-refractivity contribution in [1.29, 1.82) is 0 Å². The Kier molecular flexibility index (Phi) is 6.12. The van der Waals surface area contributed by atoms with Crippen molar-refractivity contribution in [2.75, 3.05) is 12.4 Å². The average molecular weight is 234 g/mol. The normalized spacial score (nSPS) is 8.88. The van der Waals surface area contributed by atoms with Gasteiger partial charge in [-0.1, -0.05) is 48.5 Å². The van der Waals surface area contributed by atoms with Gasteiger partial charge in [-0.05, 0) is 17.7 Å². The van der Waals surface area contributed by atoms with Gasteiger partial charge in [-0.25, -0.2) is 0 Å². The van der Waals surface area contributed by atoms with Crippen LogP contribution in [0.1, 0.15) is 5.56 Å². The molecule has 0 radical (unpaired) electrons. The van der Waals surface area contributed by atoms with Gasteiger partial charge >= 0.3 is 0 Å². The minimum Gasteiger partial charge on any atom is -0.388 e. The number of alkyl halides is 1. The summed E-state index contributed by atoms with van der Waals surface area (Å²) in [5.74, 6) is 0.612. The van der Waals surface area contributed by atoms with E-state index in [0.717, 1.165) is 5.69 Å². The number of rotatable bonds is 2. The first-order valence-corrected chi connectivity index (χ1v) is 5.73. The zero-order valence-corrected chi connectivity index (χ0v) is 10.1. The lowest BCUT2D eigenvalue weighted by molar-refractivity contribution is 1.41. The lowest BCUT2D eigenvalue weighted by Gasteiger charge is -1.94. The van der Waals surface area contributed by atoms with Crippen molar-refractivity contribution in [2.45, 2.75) is 5.88 Å². The smallest absolute Gasteiger partial charge is 0.0474 e. The number of nitrogens with one attached hydrogen (secondary N) is 1. The van der Waals surface area contributed by atoms with Crippen LogP contribution in [0.5, 0.6) is 0 Å². The highest BCUT2D eigenvalue weighted by atomic mass is 35.5. The summed E-state index contributed by atoms with van der Waals surface area (Å²) in [5.41, 5.74) is 2.33. The molecule has 1 N–H and O–H groups in total. The van der Waals surface area contributed by atoms with Crippen LogP contribution >= 0.6 is 11.6 Å². The van der Waals surface area contributed by atoms with Crippen molar-refractivity contribution < 1.29 is 0 Å². The van der Waals surface area contributed by atoms with E-state index in [0.29, 0.717) is 5.88 Å². The van der Waals surface area contributed by atoms with Gasteiger partial charge < -0.3 is 5.32 Å². The molecule has 0 amide bonds. The maximum atomic E-state index is 5.53. The zero-order chi connectivity index (χ0) is 11.6. The summed E-state index contributed by atoms with van der Waals surface area (Å²) >= 11 is 5.53. The third kappa shape index (κ3) is 4.85. The summed E-state index contributed by atoms with van der Waals surface area (Å²) in [6.45, 7) is 0. The quantitative estimate of drug-likeness (QED) is 0.769. The fourth-order valence-corrected chi connectivity index (χ4v) is 1.35. The minimum atomic E-state index is 0.612. The summed E-state index contributed by atoms with van der Waals surface area (Å²) < 4.78 is 0. The van der Waals surface area contributed by atoms with Gasteiger partial charge in [0, 0.05) is 18.6 Å². The van der Waals surface area contributed by atoms with E-state index in [1.807, 2.05) is 67.7 Å². The second-order valence-electron chi connectivity index (χ2n) is 3.24. The third-order valence-corrected chi connectivity index (χ3v) is 2.37. The molecule has 0 saturated heterocycles. The molecular weight excluding hydrogens is 218 g/mol. The monoisotopic (exact) mass is 233 g/mol. The summed E-state index contributed by atoms with van der Waals surface area (Å²) in [4.78, 5) is 0. The van der Waals surface area contributed by atoms with Crippen molar-refractivity contribution in [1.82, 2.24) is 0 Å². The van der Waals surface area contributed by atoms with Gasteiger partial charge in [-0.3, -0.25) is 0 Å². The largest absolute Gasteiger partial charge is 0.388 e. The molecule has 0 saturated carbocycles. The number of hydrogen-bond donors (Lipinski definition) is 1. The molecule has 0 bridgehead atoms. The Bertz CT molecular complexity index is 333. The Hall–Kier alpha value is -1.47. The van der Waals surface area contributed by atoms with Crippen molar-refractivity contribution in [3.05, 3.63) is 66.2 Å². The molecule has 0 aromatic heterocycles. The molecule has 0 unspecified atom stereocenters. The van der Waals surface area contributed by atoms with Gasteiger partial charge in [0.15, 0.2) is 0 Å². The predicted octanol–water partition coefficient (Wildman–Crippen LogP) is 4.15. The van der Waals surface area contributed by atoms with Crippen LogP contribution in [0, 0.1) is 0 Å². The van der Waals surface area contributed by atoms with Gasteiger partial charge in [-0.15, -0.1) is 11.6 Å². The summed E-state index contributed by atoms with van der Waals surface area (Å²) in [5, 5.41) is 3.03. The zero-order valence-electron chi connectivity index (χ0n) is 9.36. The molecule has 1 nitrogen and oxygen atoms in total. The highest BCUT2D eigenvalue weighted by molar-refractivity contribution is 6.17. The maximum absolute atomic E-state index is 5.53. The van der Waals surface area contributed by atoms with E-state index in [2.05, 4.69) is 5.32 Å². The molecule has 2 heteroatoms. The Morgan fingerprint density at radius 3 is 1.69 bits per heavy atom. The first-order valence-electron chi connectivity index (χ1n) is 5.19. The highest BCUT2D eigenvalue weighted by Gasteiger charge is 1.81. The molecule has 2 rings (SSSR count). The Morgan fingerprint density at radius 2 is 1.38 bits per heavy atom. The summed E-state index contributed by atoms with van der Waals surface area (Å²) in [6.07, 6.45) is 0. The van der Waals surface area contributed by atoms with Gasteiger partial charge in [0.25, 0.3) is 0 Å². The van der Waals surface area contributed by atoms with Crippen molar-refractivity contribution in [2.24, 2.45) is 0 Å². The van der Waals surface area contributed by atoms with Gasteiger partial charge in [0.2, 0.25) is 0 Å². The van der Waals surface area contributed by atoms with Gasteiger partial charge in [0.05, 0.1) is 0 Å². The molecular formula is C14H16ClN. The second kappa shape index (κ2) is 7.77. The Balaban J connectivity index is 0.000000160. The van der Waals surface area contributed by atoms with E-state index in [4.69, 9.17) is 11.6 Å². The molecule has 84 valence electrons. The molecule has 2 aromatic rings. The Labute approximate surface area is 102 Å². The first kappa shape index (κ1) is 12.6. The molecule has 0 atom stereocenters. The van der Waals surface area contributed by atoms with Crippen molar-refractivity contribution in [3.8, 4) is 0 Å². The van der Waals surface area contributed by atoms with Crippen LogP contribution in [0.15, 0.2) is 60.7 Å². The Morgan fingerprint density at radius 1 is 0.875 bits per heavy atom. The van der Waals surface area contributed by atoms with Crippen molar-refractivity contribution in [3.63, 3.8) is 0 Å². The predicted molar refractivity (Wildman–Crippen MR) is 72.0 cm³/mol. The number of hydrogen-bond acceptors (Lipinski definition) is 1. The van der Waals surface area contributed by atoms with E-state index in [-0.39, 0.29) is 0 Å². The van der Waals surface area contributed by atoms with Crippen LogP contribution in [0.25, 0.3) is 0 Å². The third-order valence-electron chi connectivity index (χ3n) is 2.06. The highest BCUT2D eigenvalue weighted by Crippen LogP contribution is 2.01. The van der Waals surface area contributed by atoms with Crippen LogP contribution in [0.4, 0.5) is 5.69 Å². The van der Waals surface area contributed by atoms with E-state index in [1.165, 1.54) is 5.56 Å². The number of halogens is 1. The topological polar surface area (TPSA) is 12.0 Å². The fraction of sp³-hybridized carbons (Fsp3) is 0.143. The van der Waals surface area contributed by atoms with Crippen LogP contribution in [-0.2, 0) is 5.88 Å². The SMILES string of the molecule is CNc1ccccc1.ClCc1ccccc1. The lowest BCUT2D eigenvalue weighted by atomic mass is 10.2. The number of benzene rings is 2. The van der Waals surface area contributed by atoms with Gasteiger partial charge in [0.1, 0.15) is 0 Å². The van der Waals surface area contributed by atoms with Crippen LogP contribution in [-0.4, -0.2) is 7.05 Å². The minimum absolute atomic E-state index is 0.612. The molecule has 0 fully saturated rings. The number of anilines is 1. The fourth-order valence-electron chi connectivity index (χ4n) is 1.17. The first-order chi connectivity index (χ1) is 7.86. The molecule has 0 heterocycles. The van der Waals surface area contributed by atoms with Gasteiger partial charge in [-0.2, -0.15) is 0 Å². The lowest BCUT2D eigenvalue weighted by Crippen LogP contribution is -1.84.